The van der Waals surface area contributed by atoms with Crippen molar-refractivity contribution in [2.24, 2.45) is 0 Å². The maximum Gasteiger partial charge on any atom is 0.266 e. The fourth-order valence-electron chi connectivity index (χ4n) is 2.27. The first-order valence-corrected chi connectivity index (χ1v) is 8.68. The van der Waals surface area contributed by atoms with Crippen molar-refractivity contribution in [1.29, 1.82) is 0 Å². The molecule has 0 aromatic carbocycles. The van der Waals surface area contributed by atoms with E-state index in [2.05, 4.69) is 44.9 Å². The van der Waals surface area contributed by atoms with Gasteiger partial charge in [0.25, 0.3) is 17.1 Å². The molecule has 150 valence electrons. The fourth-order valence-corrected chi connectivity index (χ4v) is 2.27. The molecule has 0 aliphatic carbocycles. The fraction of sp³-hybridized carbons (Fsp3) is 0.167. The molecule has 0 N–H and O–H groups in total. The van der Waals surface area contributed by atoms with Crippen LogP contribution in [0.4, 0.5) is 0 Å². The SMILES string of the molecule is Cc1cnc2ncoc2n1.Cc1cnc2ocnc2n1.Cc1nc2nccnc2o1. The van der Waals surface area contributed by atoms with Crippen molar-refractivity contribution in [3.63, 3.8) is 0 Å². The second kappa shape index (κ2) is 8.34. The lowest BCUT2D eigenvalue weighted by Crippen LogP contribution is -1.83. The molecule has 0 saturated heterocycles. The predicted molar refractivity (Wildman–Crippen MR) is 103 cm³/mol. The lowest BCUT2D eigenvalue weighted by molar-refractivity contribution is 0.551. The summed E-state index contributed by atoms with van der Waals surface area (Å²) in [7, 11) is 0. The van der Waals surface area contributed by atoms with Crippen LogP contribution in [0.25, 0.3) is 34.1 Å². The van der Waals surface area contributed by atoms with Gasteiger partial charge in [-0.05, 0) is 13.8 Å². The maximum absolute atomic E-state index is 5.08. The van der Waals surface area contributed by atoms with Gasteiger partial charge in [0.15, 0.2) is 18.7 Å². The van der Waals surface area contributed by atoms with Gasteiger partial charge in [-0.2, -0.15) is 15.0 Å². The third-order valence-electron chi connectivity index (χ3n) is 3.52. The third-order valence-corrected chi connectivity index (χ3v) is 3.52. The summed E-state index contributed by atoms with van der Waals surface area (Å²) in [4.78, 5) is 35.5. The second-order valence-corrected chi connectivity index (χ2v) is 5.90. The molecule has 6 heterocycles. The average molecular weight is 405 g/mol. The molecular weight excluding hydrogens is 390 g/mol. The minimum atomic E-state index is 0.491. The average Bonchev–Trinajstić information content (AvgIpc) is 3.46. The number of rotatable bonds is 0. The molecule has 0 bridgehead atoms. The number of nitrogens with zero attached hydrogens (tertiary/aromatic N) is 9. The first-order valence-electron chi connectivity index (χ1n) is 8.68. The van der Waals surface area contributed by atoms with E-state index >= 15 is 0 Å². The first kappa shape index (κ1) is 19.0. The van der Waals surface area contributed by atoms with Crippen molar-refractivity contribution >= 4 is 34.1 Å². The van der Waals surface area contributed by atoms with Crippen LogP contribution in [0, 0.1) is 20.8 Å². The van der Waals surface area contributed by atoms with Gasteiger partial charge in [-0.15, -0.1) is 0 Å². The van der Waals surface area contributed by atoms with Gasteiger partial charge in [-0.3, -0.25) is 0 Å². The van der Waals surface area contributed by atoms with E-state index in [4.69, 9.17) is 13.3 Å². The van der Waals surface area contributed by atoms with Crippen molar-refractivity contribution in [2.75, 3.05) is 0 Å². The monoisotopic (exact) mass is 405 g/mol. The molecule has 0 unspecified atom stereocenters. The Morgan fingerprint density at radius 2 is 1.23 bits per heavy atom. The predicted octanol–water partition coefficient (Wildman–Crippen LogP) is 2.78. The molecular formula is C18H15N9O3. The van der Waals surface area contributed by atoms with Gasteiger partial charge in [-0.1, -0.05) is 0 Å². The molecule has 6 aromatic heterocycles. The van der Waals surface area contributed by atoms with Gasteiger partial charge >= 0.3 is 0 Å². The maximum atomic E-state index is 5.08. The molecule has 0 fully saturated rings. The summed E-state index contributed by atoms with van der Waals surface area (Å²) >= 11 is 0. The lowest BCUT2D eigenvalue weighted by Gasteiger charge is -1.86. The van der Waals surface area contributed by atoms with Gasteiger partial charge in [-0.25, -0.2) is 29.9 Å². The van der Waals surface area contributed by atoms with Crippen LogP contribution in [-0.2, 0) is 0 Å². The van der Waals surface area contributed by atoms with Crippen molar-refractivity contribution in [3.8, 4) is 0 Å². The molecule has 6 aromatic rings. The molecule has 6 rings (SSSR count). The summed E-state index contributed by atoms with van der Waals surface area (Å²) < 4.78 is 14.9. The van der Waals surface area contributed by atoms with Gasteiger partial charge in [0.05, 0.1) is 23.8 Å². The first-order chi connectivity index (χ1) is 14.6. The Morgan fingerprint density at radius 3 is 2.07 bits per heavy atom. The van der Waals surface area contributed by atoms with E-state index in [1.807, 2.05) is 13.8 Å². The van der Waals surface area contributed by atoms with Gasteiger partial charge in [0.2, 0.25) is 16.9 Å². The number of aryl methyl sites for hydroxylation is 3. The smallest absolute Gasteiger partial charge is 0.266 e. The van der Waals surface area contributed by atoms with Gasteiger partial charge in [0, 0.05) is 19.3 Å². The highest BCUT2D eigenvalue weighted by molar-refractivity contribution is 5.62. The molecule has 0 radical (unpaired) electrons. The van der Waals surface area contributed by atoms with E-state index in [0.717, 1.165) is 11.4 Å². The van der Waals surface area contributed by atoms with E-state index in [9.17, 15) is 0 Å². The summed E-state index contributed by atoms with van der Waals surface area (Å²) in [6.07, 6.45) is 9.14. The molecule has 0 amide bonds. The number of oxazole rings is 3. The van der Waals surface area contributed by atoms with Gasteiger partial charge < -0.3 is 13.3 Å². The molecule has 0 aliphatic rings. The normalized spacial score (nSPS) is 10.5. The number of fused-ring (bicyclic) bond motifs is 3. The van der Waals surface area contributed by atoms with Crippen LogP contribution in [-0.4, -0.2) is 44.9 Å². The summed E-state index contributed by atoms with van der Waals surface area (Å²) in [6, 6.07) is 0. The summed E-state index contributed by atoms with van der Waals surface area (Å²) in [5.41, 5.74) is 4.88. The molecule has 0 spiro atoms. The Bertz CT molecular complexity index is 1300. The minimum Gasteiger partial charge on any atom is -0.424 e. The topological polar surface area (TPSA) is 155 Å². The Hall–Kier alpha value is -4.35. The summed E-state index contributed by atoms with van der Waals surface area (Å²) in [6.45, 7) is 5.49. The number of aromatic nitrogens is 9. The van der Waals surface area contributed by atoms with Gasteiger partial charge in [0.1, 0.15) is 0 Å². The van der Waals surface area contributed by atoms with E-state index in [1.54, 1.807) is 31.7 Å². The van der Waals surface area contributed by atoms with Crippen LogP contribution >= 0.6 is 0 Å². The number of hydrogen-bond acceptors (Lipinski definition) is 12. The Labute approximate surface area is 168 Å². The van der Waals surface area contributed by atoms with Crippen LogP contribution in [0.5, 0.6) is 0 Å². The van der Waals surface area contributed by atoms with Crippen LogP contribution < -0.4 is 0 Å². The van der Waals surface area contributed by atoms with E-state index in [0.29, 0.717) is 40.0 Å². The Kier molecular flexibility index (Phi) is 5.28. The van der Waals surface area contributed by atoms with Crippen molar-refractivity contribution in [2.45, 2.75) is 20.8 Å². The lowest BCUT2D eigenvalue weighted by atomic mass is 10.5. The third kappa shape index (κ3) is 4.38. The quantitative estimate of drug-likeness (QED) is 0.364. The molecule has 30 heavy (non-hydrogen) atoms. The highest BCUT2D eigenvalue weighted by Crippen LogP contribution is 2.07. The zero-order valence-corrected chi connectivity index (χ0v) is 16.2. The summed E-state index contributed by atoms with van der Waals surface area (Å²) in [5, 5.41) is 0. The number of hydrogen-bond donors (Lipinski definition) is 0. The Balaban J connectivity index is 0.000000109. The molecule has 0 atom stereocenters. The van der Waals surface area contributed by atoms with E-state index in [1.165, 1.54) is 12.8 Å². The largest absolute Gasteiger partial charge is 0.424 e. The molecule has 0 saturated carbocycles. The minimum absolute atomic E-state index is 0.491. The van der Waals surface area contributed by atoms with E-state index in [-0.39, 0.29) is 0 Å². The highest BCUT2D eigenvalue weighted by atomic mass is 16.4. The molecule has 12 heteroatoms. The highest BCUT2D eigenvalue weighted by Gasteiger charge is 2.01. The van der Waals surface area contributed by atoms with Crippen molar-refractivity contribution < 1.29 is 13.3 Å². The standard InChI is InChI=1S/3C6H5N3O/c1-4-2-7-6-5(9-4)8-3-10-6;1-4-2-7-5-6(9-4)10-3-8-5;1-4-9-5-6(10-4)8-3-2-7-5/h3*2-3H,1H3. The van der Waals surface area contributed by atoms with Crippen LogP contribution in [0.3, 0.4) is 0 Å². The van der Waals surface area contributed by atoms with Crippen molar-refractivity contribution in [1.82, 2.24) is 44.9 Å². The van der Waals surface area contributed by atoms with E-state index < -0.39 is 0 Å². The second-order valence-electron chi connectivity index (χ2n) is 5.90. The zero-order valence-electron chi connectivity index (χ0n) is 16.2. The molecule has 12 nitrogen and oxygen atoms in total. The van der Waals surface area contributed by atoms with Crippen molar-refractivity contribution in [3.05, 3.63) is 54.9 Å². The van der Waals surface area contributed by atoms with Crippen LogP contribution in [0.1, 0.15) is 17.3 Å². The van der Waals surface area contributed by atoms with Crippen LogP contribution in [0.15, 0.2) is 50.8 Å². The molecule has 0 aliphatic heterocycles. The Morgan fingerprint density at radius 1 is 0.567 bits per heavy atom. The zero-order chi connectivity index (χ0) is 20.9. The van der Waals surface area contributed by atoms with Crippen LogP contribution in [0.2, 0.25) is 0 Å². The summed E-state index contributed by atoms with van der Waals surface area (Å²) in [5.74, 6) is 0.598.